The molecular formula is C13H11F11O. The lowest BCUT2D eigenvalue weighted by Crippen LogP contribution is -2.67. The minimum Gasteiger partial charge on any atom is -0.315 e. The molecule has 0 spiro atoms. The second-order valence-electron chi connectivity index (χ2n) is 6.09. The SMILES string of the molecule is FC(F)(F)C(F)(F)C(F)(F)C(F)(F)C(F)(F)OCC1CC2C=CC1C2. The van der Waals surface area contributed by atoms with Crippen LogP contribution in [0.3, 0.4) is 0 Å². The second-order valence-corrected chi connectivity index (χ2v) is 6.09. The maximum atomic E-state index is 13.3. The molecule has 2 aliphatic rings. The smallest absolute Gasteiger partial charge is 0.315 e. The van der Waals surface area contributed by atoms with Gasteiger partial charge in [0.1, 0.15) is 0 Å². The Morgan fingerprint density at radius 3 is 1.68 bits per heavy atom. The fourth-order valence-electron chi connectivity index (χ4n) is 2.95. The molecule has 2 bridgehead atoms. The first-order valence-electron chi connectivity index (χ1n) is 6.95. The summed E-state index contributed by atoms with van der Waals surface area (Å²) in [5.41, 5.74) is 0. The summed E-state index contributed by atoms with van der Waals surface area (Å²) in [6, 6.07) is 0. The molecule has 2 aliphatic carbocycles. The van der Waals surface area contributed by atoms with Gasteiger partial charge in [0.25, 0.3) is 0 Å². The number of alkyl halides is 11. The molecule has 0 amide bonds. The Kier molecular flexibility index (Phi) is 4.63. The van der Waals surface area contributed by atoms with Crippen LogP contribution in [-0.2, 0) is 4.74 Å². The highest BCUT2D eigenvalue weighted by Gasteiger charge is 2.88. The molecule has 0 aromatic carbocycles. The van der Waals surface area contributed by atoms with Crippen molar-refractivity contribution < 1.29 is 53.0 Å². The van der Waals surface area contributed by atoms with Crippen molar-refractivity contribution >= 4 is 0 Å². The highest BCUT2D eigenvalue weighted by atomic mass is 19.4. The maximum absolute atomic E-state index is 13.3. The van der Waals surface area contributed by atoms with Gasteiger partial charge < -0.3 is 4.74 Å². The van der Waals surface area contributed by atoms with Crippen LogP contribution in [0.1, 0.15) is 12.8 Å². The molecule has 0 N–H and O–H groups in total. The monoisotopic (exact) mass is 392 g/mol. The minimum atomic E-state index is -7.42. The van der Waals surface area contributed by atoms with Crippen molar-refractivity contribution in [3.8, 4) is 0 Å². The lowest BCUT2D eigenvalue weighted by atomic mass is 9.94. The van der Waals surface area contributed by atoms with Gasteiger partial charge in [-0.2, -0.15) is 48.3 Å². The molecule has 0 saturated heterocycles. The van der Waals surface area contributed by atoms with Crippen LogP contribution in [0, 0.1) is 17.8 Å². The summed E-state index contributed by atoms with van der Waals surface area (Å²) in [6.45, 7) is -1.18. The van der Waals surface area contributed by atoms with Gasteiger partial charge in [-0.1, -0.05) is 12.2 Å². The summed E-state index contributed by atoms with van der Waals surface area (Å²) in [5.74, 6) is -23.0. The van der Waals surface area contributed by atoms with E-state index in [2.05, 4.69) is 4.74 Å². The van der Waals surface area contributed by atoms with E-state index in [0.29, 0.717) is 6.42 Å². The molecule has 3 atom stereocenters. The third-order valence-corrected chi connectivity index (χ3v) is 4.41. The lowest BCUT2D eigenvalue weighted by molar-refractivity contribution is -0.457. The molecule has 12 heteroatoms. The number of fused-ring (bicyclic) bond motifs is 2. The van der Waals surface area contributed by atoms with Crippen LogP contribution in [0.2, 0.25) is 0 Å². The van der Waals surface area contributed by atoms with Gasteiger partial charge in [0.05, 0.1) is 6.61 Å². The van der Waals surface area contributed by atoms with Crippen LogP contribution in [0.15, 0.2) is 12.2 Å². The Hall–Kier alpha value is -1.07. The van der Waals surface area contributed by atoms with E-state index in [0.717, 1.165) is 0 Å². The van der Waals surface area contributed by atoms with Crippen molar-refractivity contribution in [2.45, 2.75) is 42.9 Å². The zero-order chi connectivity index (χ0) is 19.5. The highest BCUT2D eigenvalue weighted by molar-refractivity contribution is 5.10. The molecule has 0 aromatic rings. The second kappa shape index (κ2) is 5.71. The zero-order valence-electron chi connectivity index (χ0n) is 12.1. The third-order valence-electron chi connectivity index (χ3n) is 4.41. The maximum Gasteiger partial charge on any atom is 0.460 e. The van der Waals surface area contributed by atoms with E-state index >= 15 is 0 Å². The average molecular weight is 392 g/mol. The van der Waals surface area contributed by atoms with Gasteiger partial charge in [0.2, 0.25) is 0 Å². The van der Waals surface area contributed by atoms with Gasteiger partial charge in [0.15, 0.2) is 0 Å². The van der Waals surface area contributed by atoms with Crippen LogP contribution in [0.5, 0.6) is 0 Å². The van der Waals surface area contributed by atoms with Crippen LogP contribution in [0.4, 0.5) is 48.3 Å². The van der Waals surface area contributed by atoms with Crippen LogP contribution in [0.25, 0.3) is 0 Å². The van der Waals surface area contributed by atoms with Gasteiger partial charge in [-0.3, -0.25) is 0 Å². The van der Waals surface area contributed by atoms with Gasteiger partial charge in [-0.25, -0.2) is 0 Å². The Bertz CT molecular complexity index is 537. The molecule has 146 valence electrons. The largest absolute Gasteiger partial charge is 0.460 e. The van der Waals surface area contributed by atoms with E-state index in [-0.39, 0.29) is 18.3 Å². The van der Waals surface area contributed by atoms with Crippen molar-refractivity contribution in [2.24, 2.45) is 17.8 Å². The predicted octanol–water partition coefficient (Wildman–Crippen LogP) is 5.28. The molecule has 1 nitrogen and oxygen atoms in total. The Morgan fingerprint density at radius 2 is 1.28 bits per heavy atom. The molecule has 0 heterocycles. The standard InChI is InChI=1S/C13H11F11O/c14-9(15,10(16,17)12(20,21)22)11(18,19)13(23,24)25-5-8-4-6-1-2-7(8)3-6/h1-2,6-8H,3-5H2. The predicted molar refractivity (Wildman–Crippen MR) is 60.6 cm³/mol. The summed E-state index contributed by atoms with van der Waals surface area (Å²) in [4.78, 5) is 0. The highest BCUT2D eigenvalue weighted by Crippen LogP contribution is 2.57. The number of hydrogen-bond acceptors (Lipinski definition) is 1. The summed E-state index contributed by atoms with van der Waals surface area (Å²) in [5, 5.41) is 0. The lowest BCUT2D eigenvalue weighted by Gasteiger charge is -2.37. The average Bonchev–Trinajstić information content (AvgIpc) is 3.05. The topological polar surface area (TPSA) is 9.23 Å². The number of ether oxygens (including phenoxy) is 1. The van der Waals surface area contributed by atoms with E-state index in [1.54, 1.807) is 12.2 Å². The van der Waals surface area contributed by atoms with Crippen molar-refractivity contribution in [3.63, 3.8) is 0 Å². The van der Waals surface area contributed by atoms with Gasteiger partial charge >= 0.3 is 30.1 Å². The molecule has 2 rings (SSSR count). The fraction of sp³-hybridized carbons (Fsp3) is 0.846. The third kappa shape index (κ3) is 2.99. The number of hydrogen-bond donors (Lipinski definition) is 0. The molecule has 3 unspecified atom stereocenters. The summed E-state index contributed by atoms with van der Waals surface area (Å²) in [6.07, 6.45) is -9.31. The summed E-state index contributed by atoms with van der Waals surface area (Å²) in [7, 11) is 0. The van der Waals surface area contributed by atoms with Crippen molar-refractivity contribution in [3.05, 3.63) is 12.2 Å². The van der Waals surface area contributed by atoms with Crippen molar-refractivity contribution in [2.75, 3.05) is 6.61 Å². The van der Waals surface area contributed by atoms with E-state index < -0.39 is 42.6 Å². The first-order chi connectivity index (χ1) is 11.0. The van der Waals surface area contributed by atoms with Crippen LogP contribution >= 0.6 is 0 Å². The summed E-state index contributed by atoms with van der Waals surface area (Å²) < 4.78 is 144. The Balaban J connectivity index is 2.16. The molecule has 25 heavy (non-hydrogen) atoms. The molecule has 0 aliphatic heterocycles. The number of allylic oxidation sites excluding steroid dienone is 2. The van der Waals surface area contributed by atoms with E-state index in [1.807, 2.05) is 0 Å². The van der Waals surface area contributed by atoms with Crippen molar-refractivity contribution in [1.29, 1.82) is 0 Å². The van der Waals surface area contributed by atoms with Gasteiger partial charge in [0, 0.05) is 0 Å². The normalized spacial score (nSPS) is 28.0. The Labute approximate surface area is 133 Å². The zero-order valence-corrected chi connectivity index (χ0v) is 12.1. The summed E-state index contributed by atoms with van der Waals surface area (Å²) >= 11 is 0. The van der Waals surface area contributed by atoms with Gasteiger partial charge in [-0.15, -0.1) is 0 Å². The fourth-order valence-corrected chi connectivity index (χ4v) is 2.95. The minimum absolute atomic E-state index is 0.0243. The first-order valence-corrected chi connectivity index (χ1v) is 6.95. The molecule has 0 radical (unpaired) electrons. The van der Waals surface area contributed by atoms with E-state index in [9.17, 15) is 48.3 Å². The first kappa shape index (κ1) is 20.2. The van der Waals surface area contributed by atoms with Gasteiger partial charge in [-0.05, 0) is 30.6 Å². The molecular weight excluding hydrogens is 381 g/mol. The Morgan fingerprint density at radius 1 is 0.720 bits per heavy atom. The molecule has 0 aromatic heterocycles. The van der Waals surface area contributed by atoms with E-state index in [4.69, 9.17) is 0 Å². The quantitative estimate of drug-likeness (QED) is 0.442. The number of halogens is 11. The van der Waals surface area contributed by atoms with Crippen LogP contribution in [-0.4, -0.2) is 36.7 Å². The van der Waals surface area contributed by atoms with Crippen molar-refractivity contribution in [1.82, 2.24) is 0 Å². The van der Waals surface area contributed by atoms with Crippen LogP contribution < -0.4 is 0 Å². The molecule has 1 fully saturated rings. The number of rotatable bonds is 6. The molecule has 1 saturated carbocycles. The van der Waals surface area contributed by atoms with E-state index in [1.165, 1.54) is 0 Å².